The minimum absolute atomic E-state index is 0.0805. The number of hydrogen-bond acceptors (Lipinski definition) is 4. The van der Waals surface area contributed by atoms with Crippen molar-refractivity contribution in [3.8, 4) is 0 Å². The van der Waals surface area contributed by atoms with Crippen molar-refractivity contribution in [2.24, 2.45) is 11.8 Å². The minimum atomic E-state index is -0.159. The molecule has 2 fully saturated rings. The summed E-state index contributed by atoms with van der Waals surface area (Å²) in [6, 6.07) is 0. The van der Waals surface area contributed by atoms with Crippen LogP contribution in [0.2, 0.25) is 0 Å². The highest BCUT2D eigenvalue weighted by Gasteiger charge is 2.46. The van der Waals surface area contributed by atoms with Crippen molar-refractivity contribution in [1.82, 2.24) is 0 Å². The van der Waals surface area contributed by atoms with Crippen molar-refractivity contribution < 1.29 is 19.0 Å². The number of rotatable bonds is 3. The van der Waals surface area contributed by atoms with Gasteiger partial charge in [0.25, 0.3) is 0 Å². The van der Waals surface area contributed by atoms with E-state index in [2.05, 4.69) is 0 Å². The Kier molecular flexibility index (Phi) is 4.65. The number of methoxy groups -OCH3 is 2. The highest BCUT2D eigenvalue weighted by molar-refractivity contribution is 5.94. The summed E-state index contributed by atoms with van der Waals surface area (Å²) >= 11 is 0. The fourth-order valence-corrected chi connectivity index (χ4v) is 4.12. The zero-order chi connectivity index (χ0) is 14.8. The molecule has 2 aliphatic carbocycles. The standard InChI is InChI=1S/C17H26O4/c1-19-12-8-15(20-2)17-13(18)10-14(21-16(17)9-12)11-6-4-3-5-7-11/h10-12,15-17H,3-9H2,1-2H3. The number of ether oxygens (including phenoxy) is 3. The van der Waals surface area contributed by atoms with E-state index in [0.29, 0.717) is 5.92 Å². The van der Waals surface area contributed by atoms with Crippen LogP contribution < -0.4 is 0 Å². The highest BCUT2D eigenvalue weighted by Crippen LogP contribution is 2.40. The molecule has 4 nitrogen and oxygen atoms in total. The Balaban J connectivity index is 1.78. The Morgan fingerprint density at radius 2 is 1.86 bits per heavy atom. The predicted octanol–water partition coefficient (Wildman–Crippen LogP) is 2.86. The molecule has 3 aliphatic rings. The lowest BCUT2D eigenvalue weighted by atomic mass is 9.76. The molecule has 0 N–H and O–H groups in total. The maximum absolute atomic E-state index is 12.6. The van der Waals surface area contributed by atoms with Gasteiger partial charge in [-0.3, -0.25) is 4.79 Å². The fourth-order valence-electron chi connectivity index (χ4n) is 4.12. The average Bonchev–Trinajstić information content (AvgIpc) is 2.54. The first-order valence-corrected chi connectivity index (χ1v) is 8.20. The lowest BCUT2D eigenvalue weighted by molar-refractivity contribution is -0.148. The summed E-state index contributed by atoms with van der Waals surface area (Å²) < 4.78 is 17.3. The zero-order valence-electron chi connectivity index (χ0n) is 13.0. The first-order chi connectivity index (χ1) is 10.2. The van der Waals surface area contributed by atoms with Crippen molar-refractivity contribution in [3.05, 3.63) is 11.8 Å². The Labute approximate surface area is 126 Å². The molecule has 4 atom stereocenters. The van der Waals surface area contributed by atoms with Crippen LogP contribution in [0.5, 0.6) is 0 Å². The lowest BCUT2D eigenvalue weighted by Crippen LogP contribution is -2.50. The van der Waals surface area contributed by atoms with Gasteiger partial charge in [0.15, 0.2) is 5.78 Å². The third-order valence-corrected chi connectivity index (χ3v) is 5.34. The highest BCUT2D eigenvalue weighted by atomic mass is 16.5. The molecule has 2 saturated carbocycles. The molecule has 0 radical (unpaired) electrons. The summed E-state index contributed by atoms with van der Waals surface area (Å²) in [6.07, 6.45) is 9.37. The van der Waals surface area contributed by atoms with Gasteiger partial charge in [-0.2, -0.15) is 0 Å². The normalized spacial score (nSPS) is 37.6. The molecule has 0 spiro atoms. The van der Waals surface area contributed by atoms with E-state index in [1.165, 1.54) is 19.3 Å². The van der Waals surface area contributed by atoms with Gasteiger partial charge in [0.2, 0.25) is 0 Å². The molecule has 4 heteroatoms. The van der Waals surface area contributed by atoms with E-state index < -0.39 is 0 Å². The second-order valence-corrected chi connectivity index (χ2v) is 6.57. The van der Waals surface area contributed by atoms with Crippen LogP contribution in [0.3, 0.4) is 0 Å². The van der Waals surface area contributed by atoms with E-state index in [4.69, 9.17) is 14.2 Å². The maximum Gasteiger partial charge on any atom is 0.168 e. The van der Waals surface area contributed by atoms with E-state index in [-0.39, 0.29) is 30.0 Å². The van der Waals surface area contributed by atoms with E-state index >= 15 is 0 Å². The van der Waals surface area contributed by atoms with Gasteiger partial charge in [-0.1, -0.05) is 19.3 Å². The molecule has 1 heterocycles. The van der Waals surface area contributed by atoms with Crippen LogP contribution >= 0.6 is 0 Å². The summed E-state index contributed by atoms with van der Waals surface area (Å²) in [5, 5.41) is 0. The summed E-state index contributed by atoms with van der Waals surface area (Å²) in [5.41, 5.74) is 0. The first-order valence-electron chi connectivity index (χ1n) is 8.20. The summed E-state index contributed by atoms with van der Waals surface area (Å²) in [5.74, 6) is 1.39. The van der Waals surface area contributed by atoms with Crippen LogP contribution in [-0.4, -0.2) is 38.3 Å². The third-order valence-electron chi connectivity index (χ3n) is 5.34. The van der Waals surface area contributed by atoms with Gasteiger partial charge in [0.05, 0.1) is 18.1 Å². The van der Waals surface area contributed by atoms with E-state index in [1.807, 2.05) is 0 Å². The lowest BCUT2D eigenvalue weighted by Gasteiger charge is -2.43. The Hall–Kier alpha value is -0.870. The quantitative estimate of drug-likeness (QED) is 0.803. The van der Waals surface area contributed by atoms with Crippen LogP contribution in [0.25, 0.3) is 0 Å². The number of hydrogen-bond donors (Lipinski definition) is 0. The molecule has 0 bridgehead atoms. The summed E-state index contributed by atoms with van der Waals surface area (Å²) in [4.78, 5) is 12.6. The molecular weight excluding hydrogens is 268 g/mol. The third kappa shape index (κ3) is 3.02. The van der Waals surface area contributed by atoms with E-state index in [1.54, 1.807) is 20.3 Å². The van der Waals surface area contributed by atoms with Gasteiger partial charge in [-0.05, 0) is 12.8 Å². The Morgan fingerprint density at radius 1 is 1.10 bits per heavy atom. The number of allylic oxidation sites excluding steroid dienone is 2. The fraction of sp³-hybridized carbons (Fsp3) is 0.824. The van der Waals surface area contributed by atoms with Crippen LogP contribution in [-0.2, 0) is 19.0 Å². The molecule has 0 amide bonds. The van der Waals surface area contributed by atoms with Gasteiger partial charge in [-0.15, -0.1) is 0 Å². The minimum Gasteiger partial charge on any atom is -0.493 e. The summed E-state index contributed by atoms with van der Waals surface area (Å²) in [7, 11) is 3.40. The predicted molar refractivity (Wildman–Crippen MR) is 78.9 cm³/mol. The number of carbonyl (C=O) groups is 1. The smallest absolute Gasteiger partial charge is 0.168 e. The van der Waals surface area contributed by atoms with Gasteiger partial charge >= 0.3 is 0 Å². The van der Waals surface area contributed by atoms with E-state index in [0.717, 1.165) is 31.4 Å². The second kappa shape index (κ2) is 6.49. The van der Waals surface area contributed by atoms with Crippen LogP contribution in [0.4, 0.5) is 0 Å². The average molecular weight is 294 g/mol. The maximum atomic E-state index is 12.6. The van der Waals surface area contributed by atoms with Crippen LogP contribution in [0.15, 0.2) is 11.8 Å². The van der Waals surface area contributed by atoms with Crippen molar-refractivity contribution in [2.45, 2.75) is 63.3 Å². The van der Waals surface area contributed by atoms with Crippen LogP contribution in [0, 0.1) is 11.8 Å². The van der Waals surface area contributed by atoms with Gasteiger partial charge in [0.1, 0.15) is 11.9 Å². The molecule has 118 valence electrons. The van der Waals surface area contributed by atoms with Gasteiger partial charge in [0, 0.05) is 39.1 Å². The van der Waals surface area contributed by atoms with Gasteiger partial charge in [-0.25, -0.2) is 0 Å². The SMILES string of the molecule is COC1CC(OC)C2C(=O)C=C(C3CCCCC3)OC2C1. The van der Waals surface area contributed by atoms with Crippen molar-refractivity contribution in [1.29, 1.82) is 0 Å². The molecule has 21 heavy (non-hydrogen) atoms. The molecule has 0 aromatic carbocycles. The van der Waals surface area contributed by atoms with Gasteiger partial charge < -0.3 is 14.2 Å². The molecule has 0 saturated heterocycles. The molecule has 1 aliphatic heterocycles. The van der Waals surface area contributed by atoms with Crippen molar-refractivity contribution in [3.63, 3.8) is 0 Å². The molecule has 0 aromatic heterocycles. The monoisotopic (exact) mass is 294 g/mol. The number of carbonyl (C=O) groups excluding carboxylic acids is 1. The van der Waals surface area contributed by atoms with Crippen molar-refractivity contribution >= 4 is 5.78 Å². The van der Waals surface area contributed by atoms with Crippen LogP contribution in [0.1, 0.15) is 44.9 Å². The molecular formula is C17H26O4. The number of fused-ring (bicyclic) bond motifs is 1. The topological polar surface area (TPSA) is 44.8 Å². The Morgan fingerprint density at radius 3 is 2.52 bits per heavy atom. The largest absolute Gasteiger partial charge is 0.493 e. The molecule has 3 rings (SSSR count). The second-order valence-electron chi connectivity index (χ2n) is 6.57. The van der Waals surface area contributed by atoms with E-state index in [9.17, 15) is 4.79 Å². The first kappa shape index (κ1) is 15.0. The van der Waals surface area contributed by atoms with Crippen molar-refractivity contribution in [2.75, 3.05) is 14.2 Å². The number of ketones is 1. The summed E-state index contributed by atoms with van der Waals surface area (Å²) in [6.45, 7) is 0. The zero-order valence-corrected chi connectivity index (χ0v) is 13.0. The molecule has 4 unspecified atom stereocenters. The Bertz CT molecular complexity index is 411. The molecule has 0 aromatic rings.